The molecule has 0 aromatic heterocycles. The van der Waals surface area contributed by atoms with Gasteiger partial charge < -0.3 is 87.1 Å². The number of benzene rings is 3. The summed E-state index contributed by atoms with van der Waals surface area (Å²) in [6.45, 7) is 5.37. The van der Waals surface area contributed by atoms with E-state index in [0.29, 0.717) is 13.0 Å². The minimum atomic E-state index is -2.29. The van der Waals surface area contributed by atoms with Gasteiger partial charge in [-0.3, -0.25) is 33.6 Å². The van der Waals surface area contributed by atoms with Gasteiger partial charge in [-0.25, -0.2) is 0 Å². The van der Waals surface area contributed by atoms with Crippen molar-refractivity contribution in [2.45, 2.75) is 145 Å². The molecule has 0 saturated carbocycles. The van der Waals surface area contributed by atoms with E-state index in [9.17, 15) is 79.5 Å². The zero-order valence-corrected chi connectivity index (χ0v) is 42.4. The molecule has 3 fully saturated rings. The minimum absolute atomic E-state index is 0.0292. The number of rotatable bonds is 13. The molecule has 3 aliphatic rings. The summed E-state index contributed by atoms with van der Waals surface area (Å²) in [6, 6.07) is 6.92. The number of aliphatic hydroxyl groups is 8. The zero-order chi connectivity index (χ0) is 55.7. The quantitative estimate of drug-likeness (QED) is 0.0756. The van der Waals surface area contributed by atoms with Gasteiger partial charge in [0.25, 0.3) is 5.91 Å². The molecule has 3 aromatic carbocycles. The van der Waals surface area contributed by atoms with E-state index in [0.717, 1.165) is 65.5 Å². The van der Waals surface area contributed by atoms with E-state index >= 15 is 0 Å². The SMILES string of the molecule is CCCCOc1ccc(Cc2ccc(C(=O)N[C@H]3C[C@@H](O)[C@H](O)NC(=O)[C@@H]4[C@@H](O)[C@@H](C)CN4C(=O)[C@H]([C@@H](C)O)NC(=O)[C@H]([C@H](O)[C@@H](O)c4ccc(O)cc4)NC(=O)[C@@H]4C[C@@H](O)CN4C(=O)[C@H]([C@@H](C)O)NC3=O)cc2)cc1. The first kappa shape index (κ1) is 58.5. The van der Waals surface area contributed by atoms with Gasteiger partial charge in [-0.05, 0) is 79.8 Å². The number of carbonyl (C=O) groups excluding carboxylic acids is 7. The van der Waals surface area contributed by atoms with E-state index < -0.39 is 152 Å². The molecule has 0 spiro atoms. The number of nitrogens with zero attached hydrogens (tertiary/aromatic N) is 2. The molecule has 3 aliphatic heterocycles. The highest BCUT2D eigenvalue weighted by atomic mass is 16.5. The molecule has 0 aliphatic carbocycles. The van der Waals surface area contributed by atoms with Gasteiger partial charge in [0.05, 0.1) is 31.0 Å². The maximum absolute atomic E-state index is 14.4. The molecule has 24 nitrogen and oxygen atoms in total. The van der Waals surface area contributed by atoms with Gasteiger partial charge in [0.1, 0.15) is 66.1 Å². The Balaban J connectivity index is 1.33. The van der Waals surface area contributed by atoms with Crippen LogP contribution in [0.15, 0.2) is 72.8 Å². The molecule has 0 bridgehead atoms. The second kappa shape index (κ2) is 25.8. The van der Waals surface area contributed by atoms with E-state index in [-0.39, 0.29) is 23.4 Å². The van der Waals surface area contributed by atoms with Gasteiger partial charge in [-0.15, -0.1) is 0 Å². The lowest BCUT2D eigenvalue weighted by molar-refractivity contribution is -0.148. The molecular formula is C52H69N7O17. The third-order valence-corrected chi connectivity index (χ3v) is 13.8. The Bertz CT molecular complexity index is 2520. The molecule has 3 heterocycles. The van der Waals surface area contributed by atoms with Crippen LogP contribution in [-0.4, -0.2) is 196 Å². The van der Waals surface area contributed by atoms with E-state index in [4.69, 9.17) is 4.74 Å². The van der Waals surface area contributed by atoms with Crippen LogP contribution in [0, 0.1) is 5.92 Å². The predicted octanol–water partition coefficient (Wildman–Crippen LogP) is -3.06. The van der Waals surface area contributed by atoms with E-state index in [1.54, 1.807) is 12.1 Å². The van der Waals surface area contributed by atoms with E-state index in [1.807, 2.05) is 24.3 Å². The predicted molar refractivity (Wildman–Crippen MR) is 267 cm³/mol. The first-order chi connectivity index (χ1) is 36.0. The number of phenolic OH excluding ortho intramolecular Hbond substituents is 1. The van der Waals surface area contributed by atoms with Crippen molar-refractivity contribution in [2.75, 3.05) is 19.7 Å². The highest BCUT2D eigenvalue weighted by Crippen LogP contribution is 2.28. The Morgan fingerprint density at radius 1 is 0.697 bits per heavy atom. The lowest BCUT2D eigenvalue weighted by atomic mass is 9.96. The second-order valence-electron chi connectivity index (χ2n) is 19.8. The number of aliphatic hydroxyl groups excluding tert-OH is 8. The lowest BCUT2D eigenvalue weighted by Crippen LogP contribution is -2.64. The van der Waals surface area contributed by atoms with Crippen LogP contribution in [0.4, 0.5) is 0 Å². The third kappa shape index (κ3) is 14.2. The smallest absolute Gasteiger partial charge is 0.251 e. The van der Waals surface area contributed by atoms with Gasteiger partial charge in [-0.2, -0.15) is 0 Å². The van der Waals surface area contributed by atoms with Crippen molar-refractivity contribution in [2.24, 2.45) is 5.92 Å². The van der Waals surface area contributed by atoms with E-state index in [1.165, 1.54) is 31.2 Å². The molecule has 7 amide bonds. The minimum Gasteiger partial charge on any atom is -0.508 e. The fraction of sp³-hybridized carbons (Fsp3) is 0.519. The van der Waals surface area contributed by atoms with Crippen LogP contribution in [0.1, 0.15) is 86.5 Å². The number of aromatic hydroxyl groups is 1. The molecule has 14 N–H and O–H groups in total. The third-order valence-electron chi connectivity index (χ3n) is 13.8. The maximum atomic E-state index is 14.4. The second-order valence-corrected chi connectivity index (χ2v) is 19.8. The van der Waals surface area contributed by atoms with Crippen LogP contribution in [-0.2, 0) is 35.2 Å². The van der Waals surface area contributed by atoms with Gasteiger partial charge in [0.15, 0.2) is 6.23 Å². The van der Waals surface area contributed by atoms with Crippen LogP contribution < -0.4 is 31.3 Å². The van der Waals surface area contributed by atoms with Crippen molar-refractivity contribution >= 4 is 41.4 Å². The van der Waals surface area contributed by atoms with Crippen LogP contribution in [0.2, 0.25) is 0 Å². The largest absolute Gasteiger partial charge is 0.508 e. The van der Waals surface area contributed by atoms with Crippen LogP contribution >= 0.6 is 0 Å². The highest BCUT2D eigenvalue weighted by molar-refractivity contribution is 6.00. The van der Waals surface area contributed by atoms with Crippen LogP contribution in [0.25, 0.3) is 0 Å². The summed E-state index contributed by atoms with van der Waals surface area (Å²) >= 11 is 0. The summed E-state index contributed by atoms with van der Waals surface area (Å²) in [6.07, 6.45) is -14.3. The van der Waals surface area contributed by atoms with Gasteiger partial charge in [0.2, 0.25) is 35.4 Å². The number of hydrogen-bond donors (Lipinski definition) is 14. The lowest BCUT2D eigenvalue weighted by Gasteiger charge is -2.34. The average molecular weight is 1060 g/mol. The summed E-state index contributed by atoms with van der Waals surface area (Å²) < 4.78 is 5.74. The standard InChI is InChI=1S/C52H69N7O17/c1-5-6-19-76-34-17-9-29(10-18-34)20-28-7-11-31(12-8-28)45(68)53-35-22-37(64)48(71)57-50(73)41-42(65)25(2)23-59(41)52(75)39(27(4)61)55-49(72)40(44(67)43(66)30-13-15-32(62)16-14-30)56-47(70)36-21-33(63)24-58(36)51(74)38(26(3)60)54-46(35)69/h7-18,25-27,33,35-44,48,60-67,71H,5-6,19-24H2,1-4H3,(H,53,68)(H,54,69)(H,55,72)(H,56,70)(H,57,73)/t25-,26+,27+,33+,35-,36-,37+,38-,39-,40-,41-,42-,43-,44-,48-/m0/s1. The molecule has 0 radical (unpaired) electrons. The van der Waals surface area contributed by atoms with Crippen LogP contribution in [0.3, 0.4) is 0 Å². The molecular weight excluding hydrogens is 995 g/mol. The fourth-order valence-electron chi connectivity index (χ4n) is 9.31. The Morgan fingerprint density at radius 3 is 1.86 bits per heavy atom. The number of amides is 7. The molecule has 24 heteroatoms. The summed E-state index contributed by atoms with van der Waals surface area (Å²) in [5, 5.41) is 111. The van der Waals surface area contributed by atoms with Gasteiger partial charge >= 0.3 is 0 Å². The van der Waals surface area contributed by atoms with Crippen molar-refractivity contribution in [3.05, 3.63) is 95.1 Å². The average Bonchev–Trinajstić information content (AvgIpc) is 3.93. The monoisotopic (exact) mass is 1060 g/mol. The summed E-state index contributed by atoms with van der Waals surface area (Å²) in [5.74, 6) is -8.68. The first-order valence-electron chi connectivity index (χ1n) is 25.2. The number of ether oxygens (including phenoxy) is 1. The molecule has 6 rings (SSSR count). The molecule has 15 atom stereocenters. The Morgan fingerprint density at radius 2 is 1.26 bits per heavy atom. The molecule has 3 aromatic rings. The fourth-order valence-corrected chi connectivity index (χ4v) is 9.31. The molecule has 414 valence electrons. The number of hydrogen-bond acceptors (Lipinski definition) is 17. The Hall–Kier alpha value is -6.77. The highest BCUT2D eigenvalue weighted by Gasteiger charge is 2.50. The number of unbranched alkanes of at least 4 members (excludes halogenated alkanes) is 1. The summed E-state index contributed by atoms with van der Waals surface area (Å²) in [4.78, 5) is 101. The van der Waals surface area contributed by atoms with Crippen molar-refractivity contribution < 1.29 is 84.3 Å². The summed E-state index contributed by atoms with van der Waals surface area (Å²) in [7, 11) is 0. The van der Waals surface area contributed by atoms with Gasteiger partial charge in [-0.1, -0.05) is 56.7 Å². The summed E-state index contributed by atoms with van der Waals surface area (Å²) in [5.41, 5.74) is 1.71. The maximum Gasteiger partial charge on any atom is 0.251 e. The van der Waals surface area contributed by atoms with Crippen molar-refractivity contribution in [1.82, 2.24) is 36.4 Å². The van der Waals surface area contributed by atoms with Crippen LogP contribution in [0.5, 0.6) is 11.5 Å². The topological polar surface area (TPSA) is 377 Å². The first-order valence-corrected chi connectivity index (χ1v) is 25.2. The Labute approximate surface area is 438 Å². The van der Waals surface area contributed by atoms with E-state index in [2.05, 4.69) is 33.5 Å². The molecule has 0 unspecified atom stereocenters. The number of carbonyl (C=O) groups is 7. The number of phenols is 1. The number of nitrogens with one attached hydrogen (secondary N) is 5. The van der Waals surface area contributed by atoms with Crippen molar-refractivity contribution in [1.29, 1.82) is 0 Å². The van der Waals surface area contributed by atoms with Crippen molar-refractivity contribution in [3.8, 4) is 11.5 Å². The molecule has 3 saturated heterocycles. The normalized spacial score (nSPS) is 28.8. The van der Waals surface area contributed by atoms with Gasteiger partial charge in [0, 0.05) is 37.4 Å². The Kier molecular flexibility index (Phi) is 19.9. The molecule has 76 heavy (non-hydrogen) atoms. The zero-order valence-electron chi connectivity index (χ0n) is 42.4. The van der Waals surface area contributed by atoms with Crippen molar-refractivity contribution in [3.63, 3.8) is 0 Å². The number of fused-ring (bicyclic) bond motifs is 2.